The third kappa shape index (κ3) is 4.59. The SMILES string of the molecule is O=C(Cc1ccccc1)NC1CCN(CC(F)F)C1. The Bertz CT molecular complexity index is 411. The molecule has 1 N–H and O–H groups in total. The van der Waals surface area contributed by atoms with Crippen LogP contribution in [-0.2, 0) is 11.2 Å². The maximum atomic E-state index is 12.2. The summed E-state index contributed by atoms with van der Waals surface area (Å²) in [4.78, 5) is 13.5. The molecule has 1 aromatic rings. The summed E-state index contributed by atoms with van der Waals surface area (Å²) in [7, 11) is 0. The Labute approximate surface area is 111 Å². The van der Waals surface area contributed by atoms with Crippen molar-refractivity contribution < 1.29 is 13.6 Å². The number of likely N-dealkylation sites (tertiary alicyclic amines) is 1. The van der Waals surface area contributed by atoms with Crippen molar-refractivity contribution in [3.8, 4) is 0 Å². The van der Waals surface area contributed by atoms with E-state index in [-0.39, 0.29) is 18.5 Å². The van der Waals surface area contributed by atoms with Crippen LogP contribution < -0.4 is 5.32 Å². The van der Waals surface area contributed by atoms with E-state index in [1.165, 1.54) is 0 Å². The largest absolute Gasteiger partial charge is 0.352 e. The van der Waals surface area contributed by atoms with Crippen molar-refractivity contribution in [1.29, 1.82) is 0 Å². The molecule has 1 fully saturated rings. The average Bonchev–Trinajstić information content (AvgIpc) is 2.76. The lowest BCUT2D eigenvalue weighted by molar-refractivity contribution is -0.121. The summed E-state index contributed by atoms with van der Waals surface area (Å²) in [5, 5.41) is 2.91. The first-order chi connectivity index (χ1) is 9.13. The van der Waals surface area contributed by atoms with Crippen LogP contribution in [0.4, 0.5) is 8.78 Å². The van der Waals surface area contributed by atoms with E-state index in [1.54, 1.807) is 4.90 Å². The van der Waals surface area contributed by atoms with Crippen LogP contribution in [0.15, 0.2) is 30.3 Å². The molecule has 5 heteroatoms. The molecule has 19 heavy (non-hydrogen) atoms. The van der Waals surface area contributed by atoms with Gasteiger partial charge in [0.2, 0.25) is 5.91 Å². The number of amides is 1. The summed E-state index contributed by atoms with van der Waals surface area (Å²) in [6, 6.07) is 9.48. The molecule has 1 heterocycles. The van der Waals surface area contributed by atoms with E-state index in [0.29, 0.717) is 19.5 Å². The van der Waals surface area contributed by atoms with Crippen molar-refractivity contribution in [2.45, 2.75) is 25.3 Å². The van der Waals surface area contributed by atoms with E-state index >= 15 is 0 Å². The number of nitrogens with zero attached hydrogens (tertiary/aromatic N) is 1. The smallest absolute Gasteiger partial charge is 0.251 e. The van der Waals surface area contributed by atoms with Gasteiger partial charge in [-0.05, 0) is 12.0 Å². The molecule has 0 spiro atoms. The highest BCUT2D eigenvalue weighted by Crippen LogP contribution is 2.11. The monoisotopic (exact) mass is 268 g/mol. The van der Waals surface area contributed by atoms with Gasteiger partial charge in [-0.2, -0.15) is 0 Å². The Morgan fingerprint density at radius 2 is 2.11 bits per heavy atom. The minimum absolute atomic E-state index is 0.00466. The molecule has 0 bridgehead atoms. The standard InChI is InChI=1S/C14H18F2N2O/c15-13(16)10-18-7-6-12(9-18)17-14(19)8-11-4-2-1-3-5-11/h1-5,12-13H,6-10H2,(H,17,19). The Hall–Kier alpha value is -1.49. The maximum Gasteiger partial charge on any atom is 0.251 e. The summed E-state index contributed by atoms with van der Waals surface area (Å²) < 4.78 is 24.5. The number of benzene rings is 1. The highest BCUT2D eigenvalue weighted by atomic mass is 19.3. The first-order valence-corrected chi connectivity index (χ1v) is 6.47. The van der Waals surface area contributed by atoms with Gasteiger partial charge in [0.25, 0.3) is 6.43 Å². The maximum absolute atomic E-state index is 12.2. The molecule has 0 radical (unpaired) electrons. The Morgan fingerprint density at radius 3 is 2.79 bits per heavy atom. The fraction of sp³-hybridized carbons (Fsp3) is 0.500. The number of hydrogen-bond donors (Lipinski definition) is 1. The zero-order valence-corrected chi connectivity index (χ0v) is 10.7. The molecular formula is C14H18F2N2O. The van der Waals surface area contributed by atoms with E-state index in [0.717, 1.165) is 12.0 Å². The fourth-order valence-corrected chi connectivity index (χ4v) is 2.37. The summed E-state index contributed by atoms with van der Waals surface area (Å²) in [6.45, 7) is 0.941. The molecular weight excluding hydrogens is 250 g/mol. The molecule has 1 atom stereocenters. The van der Waals surface area contributed by atoms with Crippen LogP contribution in [0.1, 0.15) is 12.0 Å². The van der Waals surface area contributed by atoms with Crippen LogP contribution in [-0.4, -0.2) is 42.9 Å². The van der Waals surface area contributed by atoms with Crippen molar-refractivity contribution >= 4 is 5.91 Å². The minimum Gasteiger partial charge on any atom is -0.352 e. The van der Waals surface area contributed by atoms with E-state index < -0.39 is 6.43 Å². The van der Waals surface area contributed by atoms with Crippen LogP contribution in [0.5, 0.6) is 0 Å². The second-order valence-electron chi connectivity index (χ2n) is 4.87. The summed E-state index contributed by atoms with van der Waals surface area (Å²) >= 11 is 0. The molecule has 0 saturated carbocycles. The molecule has 1 aromatic carbocycles. The molecule has 1 amide bonds. The molecule has 1 aliphatic rings. The van der Waals surface area contributed by atoms with Gasteiger partial charge in [0.1, 0.15) is 0 Å². The van der Waals surface area contributed by atoms with Crippen LogP contribution in [0.25, 0.3) is 0 Å². The predicted octanol–water partition coefficient (Wildman–Crippen LogP) is 1.68. The van der Waals surface area contributed by atoms with Gasteiger partial charge in [0.05, 0.1) is 13.0 Å². The molecule has 1 aliphatic heterocycles. The second-order valence-corrected chi connectivity index (χ2v) is 4.87. The van der Waals surface area contributed by atoms with Gasteiger partial charge in [-0.25, -0.2) is 8.78 Å². The number of rotatable bonds is 5. The third-order valence-electron chi connectivity index (χ3n) is 3.24. The first-order valence-electron chi connectivity index (χ1n) is 6.47. The lowest BCUT2D eigenvalue weighted by Gasteiger charge is -2.16. The summed E-state index contributed by atoms with van der Waals surface area (Å²) in [6.07, 6.45) is -1.22. The lowest BCUT2D eigenvalue weighted by atomic mass is 10.1. The van der Waals surface area contributed by atoms with Crippen molar-refractivity contribution in [2.75, 3.05) is 19.6 Å². The average molecular weight is 268 g/mol. The summed E-state index contributed by atoms with van der Waals surface area (Å²) in [5.74, 6) is -0.0462. The number of hydrogen-bond acceptors (Lipinski definition) is 2. The van der Waals surface area contributed by atoms with Crippen molar-refractivity contribution in [2.24, 2.45) is 0 Å². The van der Waals surface area contributed by atoms with Crippen LogP contribution in [0.3, 0.4) is 0 Å². The number of carbonyl (C=O) groups excluding carboxylic acids is 1. The van der Waals surface area contributed by atoms with Crippen molar-refractivity contribution in [3.05, 3.63) is 35.9 Å². The highest BCUT2D eigenvalue weighted by molar-refractivity contribution is 5.78. The van der Waals surface area contributed by atoms with Gasteiger partial charge >= 0.3 is 0 Å². The summed E-state index contributed by atoms with van der Waals surface area (Å²) in [5.41, 5.74) is 0.961. The van der Waals surface area contributed by atoms with Crippen molar-refractivity contribution in [3.63, 3.8) is 0 Å². The predicted molar refractivity (Wildman–Crippen MR) is 69.1 cm³/mol. The first kappa shape index (κ1) is 13.9. The van der Waals surface area contributed by atoms with E-state index in [2.05, 4.69) is 5.32 Å². The molecule has 3 nitrogen and oxygen atoms in total. The van der Waals surface area contributed by atoms with Gasteiger partial charge in [0.15, 0.2) is 0 Å². The third-order valence-corrected chi connectivity index (χ3v) is 3.24. The number of alkyl halides is 2. The molecule has 2 rings (SSSR count). The van der Waals surface area contributed by atoms with Crippen LogP contribution >= 0.6 is 0 Å². The molecule has 0 aromatic heterocycles. The van der Waals surface area contributed by atoms with Gasteiger partial charge in [-0.15, -0.1) is 0 Å². The number of carbonyl (C=O) groups is 1. The van der Waals surface area contributed by atoms with E-state index in [1.807, 2.05) is 30.3 Å². The normalized spacial score (nSPS) is 19.8. The molecule has 1 saturated heterocycles. The Morgan fingerprint density at radius 1 is 1.37 bits per heavy atom. The quantitative estimate of drug-likeness (QED) is 0.881. The molecule has 1 unspecified atom stereocenters. The van der Waals surface area contributed by atoms with Gasteiger partial charge in [-0.1, -0.05) is 30.3 Å². The van der Waals surface area contributed by atoms with E-state index in [4.69, 9.17) is 0 Å². The minimum atomic E-state index is -2.31. The Kier molecular flexibility index (Phi) is 4.85. The van der Waals surface area contributed by atoms with E-state index in [9.17, 15) is 13.6 Å². The number of nitrogens with one attached hydrogen (secondary N) is 1. The Balaban J connectivity index is 1.75. The van der Waals surface area contributed by atoms with Gasteiger partial charge in [0, 0.05) is 19.1 Å². The lowest BCUT2D eigenvalue weighted by Crippen LogP contribution is -2.38. The molecule has 0 aliphatic carbocycles. The topological polar surface area (TPSA) is 32.3 Å². The van der Waals surface area contributed by atoms with Gasteiger partial charge < -0.3 is 5.32 Å². The van der Waals surface area contributed by atoms with Crippen molar-refractivity contribution in [1.82, 2.24) is 10.2 Å². The molecule has 104 valence electrons. The highest BCUT2D eigenvalue weighted by Gasteiger charge is 2.25. The van der Waals surface area contributed by atoms with Gasteiger partial charge in [-0.3, -0.25) is 9.69 Å². The van der Waals surface area contributed by atoms with Crippen LogP contribution in [0.2, 0.25) is 0 Å². The fourth-order valence-electron chi connectivity index (χ4n) is 2.37. The zero-order valence-electron chi connectivity index (χ0n) is 10.7. The zero-order chi connectivity index (χ0) is 13.7. The second kappa shape index (κ2) is 6.61. The van der Waals surface area contributed by atoms with Crippen LogP contribution in [0, 0.1) is 0 Å². The number of halogens is 2.